The van der Waals surface area contributed by atoms with Gasteiger partial charge in [-0.15, -0.1) is 0 Å². The van der Waals surface area contributed by atoms with Gasteiger partial charge in [0.25, 0.3) is 5.91 Å². The van der Waals surface area contributed by atoms with Crippen molar-refractivity contribution >= 4 is 23.2 Å². The van der Waals surface area contributed by atoms with Crippen LogP contribution in [0, 0.1) is 10.1 Å². The number of halogens is 1. The maximum Gasteiger partial charge on any atom is 0.312 e. The molecular weight excluding hydrogens is 322 g/mol. The molecule has 126 valence electrons. The number of nitrogens with zero attached hydrogens (tertiary/aromatic N) is 2. The van der Waals surface area contributed by atoms with Gasteiger partial charge in [0.1, 0.15) is 0 Å². The number of nitro benzene ring substituents is 1. The highest BCUT2D eigenvalue weighted by atomic mass is 35.5. The molecule has 1 amide bonds. The summed E-state index contributed by atoms with van der Waals surface area (Å²) in [7, 11) is 1.87. The molecule has 23 heavy (non-hydrogen) atoms. The van der Waals surface area contributed by atoms with E-state index in [1.165, 1.54) is 18.2 Å². The van der Waals surface area contributed by atoms with Crippen LogP contribution >= 0.6 is 11.6 Å². The first kappa shape index (κ1) is 17.5. The van der Waals surface area contributed by atoms with E-state index in [-0.39, 0.29) is 28.4 Å². The third kappa shape index (κ3) is 4.33. The van der Waals surface area contributed by atoms with Gasteiger partial charge in [0.15, 0.2) is 11.9 Å². The van der Waals surface area contributed by atoms with E-state index in [0.29, 0.717) is 13.1 Å². The Balaban J connectivity index is 2.08. The van der Waals surface area contributed by atoms with Gasteiger partial charge in [-0.3, -0.25) is 14.9 Å². The summed E-state index contributed by atoms with van der Waals surface area (Å²) in [5, 5.41) is 14.5. The molecule has 1 aliphatic heterocycles. The normalized spacial score (nSPS) is 19.3. The van der Waals surface area contributed by atoms with Gasteiger partial charge in [-0.2, -0.15) is 0 Å². The first-order valence-corrected chi connectivity index (χ1v) is 7.86. The van der Waals surface area contributed by atoms with Crippen molar-refractivity contribution in [2.75, 3.05) is 20.1 Å². The van der Waals surface area contributed by atoms with Crippen molar-refractivity contribution in [1.82, 2.24) is 10.2 Å². The zero-order chi connectivity index (χ0) is 17.0. The van der Waals surface area contributed by atoms with Gasteiger partial charge >= 0.3 is 5.69 Å². The van der Waals surface area contributed by atoms with Crippen LogP contribution in [0.5, 0.6) is 5.75 Å². The molecule has 0 radical (unpaired) electrons. The molecule has 8 heteroatoms. The summed E-state index contributed by atoms with van der Waals surface area (Å²) >= 11 is 5.77. The van der Waals surface area contributed by atoms with Crippen LogP contribution in [0.1, 0.15) is 19.8 Å². The number of nitrogens with one attached hydrogen (secondary N) is 1. The van der Waals surface area contributed by atoms with Gasteiger partial charge < -0.3 is 15.0 Å². The summed E-state index contributed by atoms with van der Waals surface area (Å²) in [4.78, 5) is 24.7. The van der Waals surface area contributed by atoms with Gasteiger partial charge in [0, 0.05) is 30.2 Å². The first-order valence-electron chi connectivity index (χ1n) is 7.49. The number of rotatable bonds is 5. The van der Waals surface area contributed by atoms with Crippen LogP contribution in [0.3, 0.4) is 0 Å². The summed E-state index contributed by atoms with van der Waals surface area (Å²) in [5.74, 6) is -0.128. The number of likely N-dealkylation sites (tertiary alicyclic amines) is 1. The molecule has 1 aromatic rings. The molecule has 1 N–H and O–H groups in total. The summed E-state index contributed by atoms with van der Waals surface area (Å²) in [6.07, 6.45) is 1.15. The number of ether oxygens (including phenoxy) is 1. The van der Waals surface area contributed by atoms with Crippen LogP contribution in [0.15, 0.2) is 18.2 Å². The van der Waals surface area contributed by atoms with Crippen molar-refractivity contribution in [3.8, 4) is 5.75 Å². The second kappa shape index (κ2) is 7.61. The minimum atomic E-state index is -0.800. The number of likely N-dealkylation sites (N-methyl/N-ethyl adjacent to an activating group) is 1. The largest absolute Gasteiger partial charge is 0.474 e. The van der Waals surface area contributed by atoms with Gasteiger partial charge in [-0.1, -0.05) is 11.6 Å². The molecule has 0 bridgehead atoms. The molecule has 1 fully saturated rings. The highest BCUT2D eigenvalue weighted by molar-refractivity contribution is 6.30. The van der Waals surface area contributed by atoms with Crippen molar-refractivity contribution in [2.45, 2.75) is 31.9 Å². The van der Waals surface area contributed by atoms with E-state index in [1.807, 2.05) is 7.05 Å². The first-order chi connectivity index (χ1) is 10.9. The predicted molar refractivity (Wildman–Crippen MR) is 86.9 cm³/mol. The zero-order valence-corrected chi connectivity index (χ0v) is 13.9. The lowest BCUT2D eigenvalue weighted by molar-refractivity contribution is -0.386. The van der Waals surface area contributed by atoms with E-state index in [0.717, 1.165) is 12.8 Å². The van der Waals surface area contributed by atoms with Crippen LogP contribution in [0.25, 0.3) is 0 Å². The minimum absolute atomic E-state index is 0.0439. The molecule has 0 aromatic heterocycles. The fraction of sp³-hybridized carbons (Fsp3) is 0.533. The van der Waals surface area contributed by atoms with Gasteiger partial charge in [0.05, 0.1) is 4.92 Å². The van der Waals surface area contributed by atoms with E-state index in [2.05, 4.69) is 5.32 Å². The summed E-state index contributed by atoms with van der Waals surface area (Å²) in [5.41, 5.74) is -0.246. The monoisotopic (exact) mass is 341 g/mol. The number of carbonyl (C=O) groups excluding carboxylic acids is 1. The van der Waals surface area contributed by atoms with E-state index in [1.54, 1.807) is 11.8 Å². The maximum atomic E-state index is 12.5. The Kier molecular flexibility index (Phi) is 5.79. The summed E-state index contributed by atoms with van der Waals surface area (Å²) < 4.78 is 5.53. The molecule has 7 nitrogen and oxygen atoms in total. The quantitative estimate of drug-likeness (QED) is 0.655. The lowest BCUT2D eigenvalue weighted by Crippen LogP contribution is -2.50. The lowest BCUT2D eigenvalue weighted by atomic mass is 10.1. The molecule has 1 aliphatic rings. The van der Waals surface area contributed by atoms with E-state index >= 15 is 0 Å². The van der Waals surface area contributed by atoms with Gasteiger partial charge in [-0.25, -0.2) is 0 Å². The SMILES string of the molecule is CNC1CCCN(C(=O)C(C)Oc2ccc(Cl)cc2[N+](=O)[O-])C1. The van der Waals surface area contributed by atoms with E-state index < -0.39 is 11.0 Å². The number of piperidine rings is 1. The Morgan fingerprint density at radius 3 is 2.96 bits per heavy atom. The smallest absolute Gasteiger partial charge is 0.312 e. The molecule has 0 saturated carbocycles. The Bertz CT molecular complexity index is 596. The number of hydrogen-bond donors (Lipinski definition) is 1. The van der Waals surface area contributed by atoms with Gasteiger partial charge in [-0.05, 0) is 38.9 Å². The standard InChI is InChI=1S/C15H20ClN3O4/c1-10(15(20)18-7-3-4-12(9-18)17-2)23-14-6-5-11(16)8-13(14)19(21)22/h5-6,8,10,12,17H,3-4,7,9H2,1-2H3. The Morgan fingerprint density at radius 1 is 1.57 bits per heavy atom. The minimum Gasteiger partial charge on any atom is -0.474 e. The van der Waals surface area contributed by atoms with E-state index in [4.69, 9.17) is 16.3 Å². The van der Waals surface area contributed by atoms with E-state index in [9.17, 15) is 14.9 Å². The molecule has 2 rings (SSSR count). The molecule has 2 unspecified atom stereocenters. The Morgan fingerprint density at radius 2 is 2.30 bits per heavy atom. The molecule has 0 spiro atoms. The average Bonchev–Trinajstić information content (AvgIpc) is 2.55. The highest BCUT2D eigenvalue weighted by Crippen LogP contribution is 2.31. The third-order valence-electron chi connectivity index (χ3n) is 3.91. The number of amides is 1. The number of benzene rings is 1. The average molecular weight is 342 g/mol. The van der Waals surface area contributed by atoms with Crippen molar-refractivity contribution < 1.29 is 14.5 Å². The fourth-order valence-electron chi connectivity index (χ4n) is 2.64. The number of carbonyl (C=O) groups is 1. The number of hydrogen-bond acceptors (Lipinski definition) is 5. The van der Waals surface area contributed by atoms with Crippen LogP contribution in [0.2, 0.25) is 5.02 Å². The zero-order valence-electron chi connectivity index (χ0n) is 13.1. The van der Waals surface area contributed by atoms with Crippen LogP contribution in [-0.4, -0.2) is 48.0 Å². The van der Waals surface area contributed by atoms with Crippen LogP contribution in [0.4, 0.5) is 5.69 Å². The number of nitro groups is 1. The van der Waals surface area contributed by atoms with Crippen molar-refractivity contribution in [3.05, 3.63) is 33.3 Å². The summed E-state index contributed by atoms with van der Waals surface area (Å²) in [6, 6.07) is 4.40. The van der Waals surface area contributed by atoms with Crippen LogP contribution < -0.4 is 10.1 Å². The second-order valence-corrected chi connectivity index (χ2v) is 5.98. The van der Waals surface area contributed by atoms with Crippen molar-refractivity contribution in [1.29, 1.82) is 0 Å². The van der Waals surface area contributed by atoms with Crippen LogP contribution in [-0.2, 0) is 4.79 Å². The topological polar surface area (TPSA) is 84.7 Å². The molecule has 0 aliphatic carbocycles. The third-order valence-corrected chi connectivity index (χ3v) is 4.15. The fourth-order valence-corrected chi connectivity index (χ4v) is 2.81. The summed E-state index contributed by atoms with van der Waals surface area (Å²) in [6.45, 7) is 2.89. The Labute approximate surface area is 139 Å². The van der Waals surface area contributed by atoms with Crippen molar-refractivity contribution in [3.63, 3.8) is 0 Å². The van der Waals surface area contributed by atoms with Crippen molar-refractivity contribution in [2.24, 2.45) is 0 Å². The van der Waals surface area contributed by atoms with Gasteiger partial charge in [0.2, 0.25) is 0 Å². The molecule has 1 saturated heterocycles. The molecule has 1 heterocycles. The lowest BCUT2D eigenvalue weighted by Gasteiger charge is -2.34. The second-order valence-electron chi connectivity index (χ2n) is 5.54. The highest BCUT2D eigenvalue weighted by Gasteiger charge is 2.28. The molecular formula is C15H20ClN3O4. The maximum absolute atomic E-state index is 12.5. The molecule has 2 atom stereocenters. The Hall–Kier alpha value is -1.86. The predicted octanol–water partition coefficient (Wildman–Crippen LogP) is 2.23. The molecule has 1 aromatic carbocycles.